The van der Waals surface area contributed by atoms with Gasteiger partial charge in [0.2, 0.25) is 0 Å². The predicted molar refractivity (Wildman–Crippen MR) is 127 cm³/mol. The molecule has 34 heavy (non-hydrogen) atoms. The van der Waals surface area contributed by atoms with Gasteiger partial charge in [-0.1, -0.05) is 19.4 Å². The third kappa shape index (κ3) is 3.80. The Balaban J connectivity index is 1.36. The Hall–Kier alpha value is -1.85. The Labute approximate surface area is 199 Å². The van der Waals surface area contributed by atoms with E-state index in [9.17, 15) is 20.7 Å². The lowest BCUT2D eigenvalue weighted by atomic mass is 9.47. The van der Waals surface area contributed by atoms with Crippen LogP contribution in [0.15, 0.2) is 34.9 Å². The van der Waals surface area contributed by atoms with Crippen molar-refractivity contribution in [2.75, 3.05) is 5.43 Å². The van der Waals surface area contributed by atoms with Gasteiger partial charge in [0.15, 0.2) is 11.4 Å². The average Bonchev–Trinajstić information content (AvgIpc) is 3.11. The number of aliphatic hydroxyl groups excluding tert-OH is 1. The van der Waals surface area contributed by atoms with Crippen LogP contribution in [0.25, 0.3) is 0 Å². The number of quaternary nitrogens is 2. The number of hydrogen-bond acceptors (Lipinski definition) is 7. The van der Waals surface area contributed by atoms with Crippen LogP contribution in [0.1, 0.15) is 65.2 Å². The maximum absolute atomic E-state index is 11.6. The molecular weight excluding hydrogens is 436 g/mol. The molecule has 0 radical (unpaired) electrons. The minimum absolute atomic E-state index is 0.0683. The van der Waals surface area contributed by atoms with Crippen molar-refractivity contribution in [1.82, 2.24) is 0 Å². The van der Waals surface area contributed by atoms with E-state index < -0.39 is 10.5 Å². The maximum Gasteiger partial charge on any atom is 0.195 e. The second-order valence-electron chi connectivity index (χ2n) is 11.2. The molecule has 0 saturated heterocycles. The first-order valence-corrected chi connectivity index (χ1v) is 12.5. The quantitative estimate of drug-likeness (QED) is 0.372. The number of nitrogens with zero attached hydrogens (tertiary/aromatic N) is 1. The van der Waals surface area contributed by atoms with E-state index in [0.29, 0.717) is 17.8 Å². The molecule has 0 aliphatic heterocycles. The van der Waals surface area contributed by atoms with Gasteiger partial charge in [-0.15, -0.1) is 0 Å². The summed E-state index contributed by atoms with van der Waals surface area (Å²) in [6.07, 6.45) is 10.5. The van der Waals surface area contributed by atoms with Gasteiger partial charge < -0.3 is 15.5 Å². The second kappa shape index (κ2) is 8.67. The van der Waals surface area contributed by atoms with Crippen molar-refractivity contribution in [3.05, 3.63) is 40.3 Å². The molecule has 0 amide bonds. The normalized spacial score (nSPS) is 40.1. The Morgan fingerprint density at radius 1 is 1.00 bits per heavy atom. The molecule has 186 valence electrons. The number of aliphatic hydroxyl groups is 1. The van der Waals surface area contributed by atoms with Gasteiger partial charge in [-0.25, -0.2) is 10.4 Å². The molecule has 0 aromatic heterocycles. The number of fused-ring (bicyclic) bond motifs is 5. The second-order valence-corrected chi connectivity index (χ2v) is 11.2. The van der Waals surface area contributed by atoms with E-state index in [1.54, 1.807) is 0 Å². The number of nitrogens with one attached hydrogen (secondary N) is 3. The third-order valence-electron chi connectivity index (χ3n) is 9.74. The summed E-state index contributed by atoms with van der Waals surface area (Å²) in [5, 5.41) is 54.3. The molecule has 3 saturated carbocycles. The highest BCUT2D eigenvalue weighted by Crippen LogP contribution is 2.65. The smallest absolute Gasteiger partial charge is 0.195 e. The van der Waals surface area contributed by atoms with Gasteiger partial charge in [0.05, 0.1) is 17.9 Å². The highest BCUT2D eigenvalue weighted by molar-refractivity contribution is 5.97. The molecule has 9 nitrogen and oxygen atoms in total. The van der Waals surface area contributed by atoms with Crippen molar-refractivity contribution in [2.45, 2.75) is 71.3 Å². The highest BCUT2D eigenvalue weighted by Gasteiger charge is 2.58. The fourth-order valence-corrected chi connectivity index (χ4v) is 7.72. The molecule has 8 atom stereocenters. The van der Waals surface area contributed by atoms with Crippen molar-refractivity contribution in [2.24, 2.45) is 33.7 Å². The van der Waals surface area contributed by atoms with Gasteiger partial charge in [0.1, 0.15) is 5.69 Å². The summed E-state index contributed by atoms with van der Waals surface area (Å²) in [6.45, 7) is 4.73. The molecule has 8 unspecified atom stereocenters. The number of hydrogen-bond donors (Lipinski definition) is 6. The highest BCUT2D eigenvalue weighted by atomic mass is 16.8. The fourth-order valence-electron chi connectivity index (χ4n) is 7.72. The van der Waals surface area contributed by atoms with Crippen molar-refractivity contribution in [3.63, 3.8) is 0 Å². The van der Waals surface area contributed by atoms with Crippen LogP contribution >= 0.6 is 0 Å². The Kier molecular flexibility index (Phi) is 6.09. The van der Waals surface area contributed by atoms with Gasteiger partial charge in [0.25, 0.3) is 0 Å². The molecule has 4 aliphatic carbocycles. The van der Waals surface area contributed by atoms with Crippen LogP contribution in [0.2, 0.25) is 0 Å². The van der Waals surface area contributed by atoms with Crippen molar-refractivity contribution >= 4 is 22.8 Å². The molecule has 1 aromatic rings. The van der Waals surface area contributed by atoms with E-state index in [0.717, 1.165) is 50.3 Å². The Bertz CT molecular complexity index is 1010. The van der Waals surface area contributed by atoms with Gasteiger partial charge in [0, 0.05) is 6.07 Å². The zero-order valence-corrected chi connectivity index (χ0v) is 19.9. The molecule has 5 rings (SSSR count). The minimum atomic E-state index is -1.19. The Morgan fingerprint density at radius 2 is 1.79 bits per heavy atom. The molecule has 3 fully saturated rings. The summed E-state index contributed by atoms with van der Waals surface area (Å²) in [6, 6.07) is 3.99. The van der Waals surface area contributed by atoms with E-state index in [2.05, 4.69) is 30.5 Å². The topological polar surface area (TPSA) is 140 Å². The van der Waals surface area contributed by atoms with E-state index >= 15 is 0 Å². The third-order valence-corrected chi connectivity index (χ3v) is 9.74. The van der Waals surface area contributed by atoms with Crippen LogP contribution < -0.4 is 15.9 Å². The molecule has 0 bridgehead atoms. The number of rotatable bonds is 4. The Morgan fingerprint density at radius 3 is 2.53 bits per heavy atom. The predicted octanol–water partition coefficient (Wildman–Crippen LogP) is 2.58. The van der Waals surface area contributed by atoms with Crippen molar-refractivity contribution in [1.29, 1.82) is 0 Å². The summed E-state index contributed by atoms with van der Waals surface area (Å²) < 4.78 is 0. The van der Waals surface area contributed by atoms with Crippen LogP contribution in [-0.4, -0.2) is 27.3 Å². The summed E-state index contributed by atoms with van der Waals surface area (Å²) in [5.74, 6) is 1.95. The van der Waals surface area contributed by atoms with Gasteiger partial charge in [-0.3, -0.25) is 5.43 Å². The first kappa shape index (κ1) is 23.9. The number of anilines is 1. The van der Waals surface area contributed by atoms with E-state index in [1.807, 2.05) is 0 Å². The number of hydrazone groups is 1. The standard InChI is InChI=1S/C25H36N4O5/c1-24-11-9-16(26-27-21-7-4-17(28(31)32)14-22(21)29(33)34)13-15(24)3-5-18-19-6-8-23(30)25(19,2)12-10-20(18)24/h4,7,13-14,18-20,23,27-31,33H,3,5-6,8-12H2,1-2H3. The van der Waals surface area contributed by atoms with Crippen LogP contribution in [0, 0.1) is 39.0 Å². The van der Waals surface area contributed by atoms with Crippen molar-refractivity contribution in [3.8, 4) is 0 Å². The number of allylic oxidation sites excluding steroid dienone is 2. The molecule has 6 N–H and O–H groups in total. The molecule has 0 heterocycles. The molecule has 9 heteroatoms. The summed E-state index contributed by atoms with van der Waals surface area (Å²) in [4.78, 5) is 0. The SMILES string of the molecule is CC12CCC(=NNc3ccc([NH+]([O-])O)cc3[NH+]([O-])O)C=C1CCC1C2CCC2(C)C(O)CCC12. The summed E-state index contributed by atoms with van der Waals surface area (Å²) in [5.41, 5.74) is 5.58. The number of benzene rings is 1. The molecular formula is C25H36N4O5. The van der Waals surface area contributed by atoms with Crippen LogP contribution in [0.3, 0.4) is 0 Å². The monoisotopic (exact) mass is 472 g/mol. The zero-order valence-electron chi connectivity index (χ0n) is 19.9. The first-order chi connectivity index (χ1) is 16.1. The lowest BCUT2D eigenvalue weighted by Gasteiger charge is -2.57. The largest absolute Gasteiger partial charge is 0.595 e. The van der Waals surface area contributed by atoms with Gasteiger partial charge >= 0.3 is 0 Å². The lowest BCUT2D eigenvalue weighted by Crippen LogP contribution is -3.00. The lowest BCUT2D eigenvalue weighted by molar-refractivity contribution is -0.996. The summed E-state index contributed by atoms with van der Waals surface area (Å²) in [7, 11) is 0. The van der Waals surface area contributed by atoms with Gasteiger partial charge in [-0.05, 0) is 92.1 Å². The molecule has 0 spiro atoms. The van der Waals surface area contributed by atoms with Crippen LogP contribution in [0.4, 0.5) is 17.1 Å². The average molecular weight is 473 g/mol. The molecule has 4 aliphatic rings. The van der Waals surface area contributed by atoms with Crippen LogP contribution in [0.5, 0.6) is 0 Å². The van der Waals surface area contributed by atoms with E-state index in [1.165, 1.54) is 30.5 Å². The fraction of sp³-hybridized carbons (Fsp3) is 0.640. The van der Waals surface area contributed by atoms with Crippen LogP contribution in [-0.2, 0) is 0 Å². The van der Waals surface area contributed by atoms with E-state index in [4.69, 9.17) is 5.21 Å². The maximum atomic E-state index is 11.6. The summed E-state index contributed by atoms with van der Waals surface area (Å²) >= 11 is 0. The van der Waals surface area contributed by atoms with Gasteiger partial charge in [-0.2, -0.15) is 15.6 Å². The van der Waals surface area contributed by atoms with Crippen molar-refractivity contribution < 1.29 is 26.0 Å². The molecule has 1 aromatic carbocycles. The zero-order chi connectivity index (χ0) is 24.3. The van der Waals surface area contributed by atoms with E-state index in [-0.39, 0.29) is 34.0 Å². The first-order valence-electron chi connectivity index (χ1n) is 12.5. The minimum Gasteiger partial charge on any atom is -0.595 e.